The average Bonchev–Trinajstić information content (AvgIpc) is 3.09. The molecule has 0 aromatic carbocycles. The van der Waals surface area contributed by atoms with Gasteiger partial charge in [0.2, 0.25) is 0 Å². The molecule has 0 amide bonds. The Kier molecular flexibility index (Phi) is 7.00. The molecule has 0 radical (unpaired) electrons. The molecule has 4 saturated carbocycles. The molecule has 4 fully saturated rings. The van der Waals surface area contributed by atoms with Crippen molar-refractivity contribution in [3.8, 4) is 0 Å². The van der Waals surface area contributed by atoms with Crippen molar-refractivity contribution < 1.29 is 27.2 Å². The third-order valence-corrected chi connectivity index (χ3v) is 11.4. The second kappa shape index (κ2) is 9.09. The monoisotopic (exact) mass is 484 g/mol. The fourth-order valence-electron chi connectivity index (χ4n) is 9.14. The van der Waals surface area contributed by atoms with Crippen molar-refractivity contribution in [3.05, 3.63) is 0 Å². The second-order valence-corrected chi connectivity index (χ2v) is 13.9. The SMILES string of the molecule is COC(=O)CC[C@@H](C)[C@H]1CC[C@@H]2C3[C@@H](CC[C@@]21C)[C@@]1(C)CC[C@H](OS(C)(=O)=O)CC1C[C@@H]3O. The van der Waals surface area contributed by atoms with Crippen molar-refractivity contribution in [2.24, 2.45) is 46.3 Å². The molecule has 33 heavy (non-hydrogen) atoms. The lowest BCUT2D eigenvalue weighted by Gasteiger charge is -2.62. The Balaban J connectivity index is 1.50. The number of hydrogen-bond donors (Lipinski definition) is 1. The van der Waals surface area contributed by atoms with Crippen LogP contribution in [0.1, 0.15) is 85.0 Å². The third kappa shape index (κ3) is 4.63. The van der Waals surface area contributed by atoms with Crippen LogP contribution < -0.4 is 0 Å². The van der Waals surface area contributed by atoms with Gasteiger partial charge >= 0.3 is 5.97 Å². The first-order chi connectivity index (χ1) is 15.4. The summed E-state index contributed by atoms with van der Waals surface area (Å²) in [6.07, 6.45) is 9.87. The molecule has 0 bridgehead atoms. The van der Waals surface area contributed by atoms with E-state index in [-0.39, 0.29) is 29.0 Å². The van der Waals surface area contributed by atoms with Crippen LogP contribution in [-0.2, 0) is 23.8 Å². The number of methoxy groups -OCH3 is 1. The Morgan fingerprint density at radius 2 is 1.73 bits per heavy atom. The van der Waals surface area contributed by atoms with Gasteiger partial charge in [0.25, 0.3) is 10.1 Å². The minimum absolute atomic E-state index is 0.123. The van der Waals surface area contributed by atoms with Crippen molar-refractivity contribution in [2.75, 3.05) is 13.4 Å². The summed E-state index contributed by atoms with van der Waals surface area (Å²) in [6.45, 7) is 7.16. The molecule has 0 aliphatic heterocycles. The molecule has 4 aliphatic carbocycles. The van der Waals surface area contributed by atoms with Gasteiger partial charge in [-0.15, -0.1) is 0 Å². The summed E-state index contributed by atoms with van der Waals surface area (Å²) in [5.41, 5.74) is 0.370. The van der Waals surface area contributed by atoms with E-state index in [2.05, 4.69) is 20.8 Å². The molecular weight excluding hydrogens is 440 g/mol. The highest BCUT2D eigenvalue weighted by atomic mass is 32.2. The molecule has 4 aliphatic rings. The lowest BCUT2D eigenvalue weighted by molar-refractivity contribution is -0.172. The molecule has 7 heteroatoms. The largest absolute Gasteiger partial charge is 0.469 e. The summed E-state index contributed by atoms with van der Waals surface area (Å²) in [5, 5.41) is 11.5. The highest BCUT2D eigenvalue weighted by molar-refractivity contribution is 7.86. The minimum atomic E-state index is -3.46. The van der Waals surface area contributed by atoms with Crippen LogP contribution in [0.15, 0.2) is 0 Å². The van der Waals surface area contributed by atoms with Gasteiger partial charge in [0.1, 0.15) is 0 Å². The zero-order chi connectivity index (χ0) is 24.2. The minimum Gasteiger partial charge on any atom is -0.469 e. The van der Waals surface area contributed by atoms with Crippen LogP contribution in [0.2, 0.25) is 0 Å². The zero-order valence-electron chi connectivity index (χ0n) is 21.1. The molecule has 6 nitrogen and oxygen atoms in total. The quantitative estimate of drug-likeness (QED) is 0.439. The highest BCUT2D eigenvalue weighted by Gasteiger charge is 2.63. The number of esters is 1. The molecule has 2 unspecified atom stereocenters. The molecule has 0 heterocycles. The maximum Gasteiger partial charge on any atom is 0.305 e. The third-order valence-electron chi connectivity index (χ3n) is 10.7. The first-order valence-corrected chi connectivity index (χ1v) is 14.8. The van der Waals surface area contributed by atoms with Crippen LogP contribution in [0, 0.1) is 46.3 Å². The number of carbonyl (C=O) groups is 1. The molecule has 4 rings (SSSR count). The molecule has 1 N–H and O–H groups in total. The van der Waals surface area contributed by atoms with Crippen molar-refractivity contribution >= 4 is 16.1 Å². The predicted molar refractivity (Wildman–Crippen MR) is 127 cm³/mol. The lowest BCUT2D eigenvalue weighted by atomic mass is 9.43. The van der Waals surface area contributed by atoms with Crippen LogP contribution in [0.25, 0.3) is 0 Å². The van der Waals surface area contributed by atoms with Crippen molar-refractivity contribution in [1.29, 1.82) is 0 Å². The topological polar surface area (TPSA) is 89.9 Å². The molecule has 0 spiro atoms. The summed E-state index contributed by atoms with van der Waals surface area (Å²) in [4.78, 5) is 11.7. The normalized spacial score (nSPS) is 46.1. The van der Waals surface area contributed by atoms with Crippen molar-refractivity contribution in [1.82, 2.24) is 0 Å². The van der Waals surface area contributed by atoms with E-state index in [0.29, 0.717) is 41.9 Å². The van der Waals surface area contributed by atoms with Gasteiger partial charge in [-0.1, -0.05) is 20.8 Å². The molecule has 0 saturated heterocycles. The summed E-state index contributed by atoms with van der Waals surface area (Å²) in [6, 6.07) is 0. The molecule has 10 atom stereocenters. The van der Waals surface area contributed by atoms with Gasteiger partial charge < -0.3 is 9.84 Å². The van der Waals surface area contributed by atoms with E-state index in [1.165, 1.54) is 26.4 Å². The van der Waals surface area contributed by atoms with Gasteiger partial charge in [0.05, 0.1) is 25.6 Å². The second-order valence-electron chi connectivity index (χ2n) is 12.3. The summed E-state index contributed by atoms with van der Waals surface area (Å²) < 4.78 is 33.6. The van der Waals surface area contributed by atoms with Crippen LogP contribution >= 0.6 is 0 Å². The van der Waals surface area contributed by atoms with E-state index in [0.717, 1.165) is 44.8 Å². The van der Waals surface area contributed by atoms with E-state index in [9.17, 15) is 18.3 Å². The van der Waals surface area contributed by atoms with Gasteiger partial charge in [-0.3, -0.25) is 8.98 Å². The Morgan fingerprint density at radius 3 is 2.39 bits per heavy atom. The molecule has 0 aromatic rings. The Bertz CT molecular complexity index is 842. The lowest BCUT2D eigenvalue weighted by Crippen LogP contribution is -2.58. The van der Waals surface area contributed by atoms with E-state index in [1.54, 1.807) is 0 Å². The Hall–Kier alpha value is -0.660. The van der Waals surface area contributed by atoms with E-state index in [4.69, 9.17) is 8.92 Å². The molecule has 0 aromatic heterocycles. The van der Waals surface area contributed by atoms with Crippen LogP contribution in [0.3, 0.4) is 0 Å². The van der Waals surface area contributed by atoms with Crippen molar-refractivity contribution in [3.63, 3.8) is 0 Å². The number of carbonyl (C=O) groups excluding carboxylic acids is 1. The number of aliphatic hydroxyl groups is 1. The number of fused-ring (bicyclic) bond motifs is 5. The fraction of sp³-hybridized carbons (Fsp3) is 0.962. The highest BCUT2D eigenvalue weighted by Crippen LogP contribution is 2.68. The summed E-state index contributed by atoms with van der Waals surface area (Å²) >= 11 is 0. The van der Waals surface area contributed by atoms with Gasteiger partial charge in [-0.25, -0.2) is 0 Å². The maximum atomic E-state index is 11.7. The van der Waals surface area contributed by atoms with Gasteiger partial charge in [-0.2, -0.15) is 8.42 Å². The van der Waals surface area contributed by atoms with Crippen LogP contribution in [0.5, 0.6) is 0 Å². The smallest absolute Gasteiger partial charge is 0.305 e. The number of hydrogen-bond acceptors (Lipinski definition) is 6. The molecule has 190 valence electrons. The summed E-state index contributed by atoms with van der Waals surface area (Å²) in [5.74, 6) is 2.60. The van der Waals surface area contributed by atoms with E-state index < -0.39 is 10.1 Å². The van der Waals surface area contributed by atoms with Gasteiger partial charge in [-0.05, 0) is 104 Å². The first-order valence-electron chi connectivity index (χ1n) is 13.0. The van der Waals surface area contributed by atoms with Crippen molar-refractivity contribution in [2.45, 2.75) is 97.2 Å². The molecular formula is C26H44O6S. The fourth-order valence-corrected chi connectivity index (χ4v) is 9.81. The van der Waals surface area contributed by atoms with E-state index in [1.807, 2.05) is 0 Å². The van der Waals surface area contributed by atoms with E-state index >= 15 is 0 Å². The Labute approximate surface area is 200 Å². The summed E-state index contributed by atoms with van der Waals surface area (Å²) in [7, 11) is -2.00. The Morgan fingerprint density at radius 1 is 1.06 bits per heavy atom. The maximum absolute atomic E-state index is 11.7. The van der Waals surface area contributed by atoms with Crippen LogP contribution in [-0.4, -0.2) is 45.1 Å². The van der Waals surface area contributed by atoms with Gasteiger partial charge in [0.15, 0.2) is 0 Å². The number of rotatable bonds is 6. The average molecular weight is 485 g/mol. The van der Waals surface area contributed by atoms with Crippen LogP contribution in [0.4, 0.5) is 0 Å². The predicted octanol–water partition coefficient (Wildman–Crippen LogP) is 4.55. The zero-order valence-corrected chi connectivity index (χ0v) is 21.9. The first kappa shape index (κ1) is 25.4. The standard InChI is InChI=1S/C26H44O6S/c1-16(6-9-23(28)31-4)19-7-8-20-24-21(11-13-26(19,20)3)25(2)12-10-18(32-33(5,29)30)14-17(25)15-22(24)27/h16-22,24,27H,6-15H2,1-5H3/t16-,17?,18+,19-,20-,21-,22+,24?,25+,26-/m1/s1. The number of ether oxygens (including phenoxy) is 1. The number of aliphatic hydroxyl groups excluding tert-OH is 1. The van der Waals surface area contributed by atoms with Gasteiger partial charge in [0, 0.05) is 6.42 Å².